The Morgan fingerprint density at radius 3 is 1.69 bits per heavy atom. The number of rotatable bonds is 6. The summed E-state index contributed by atoms with van der Waals surface area (Å²) in [5.41, 5.74) is 2.85. The first-order valence-corrected chi connectivity index (χ1v) is 10.0. The largest absolute Gasteiger partial charge is 0.0683 e. The summed E-state index contributed by atoms with van der Waals surface area (Å²) in [4.78, 5) is 0. The van der Waals surface area contributed by atoms with Crippen molar-refractivity contribution < 1.29 is 13.3 Å². The second-order valence-corrected chi connectivity index (χ2v) is 5.02. The van der Waals surface area contributed by atoms with Gasteiger partial charge in [-0.1, -0.05) is 84.7 Å². The van der Waals surface area contributed by atoms with Crippen LogP contribution in [0, 0.1) is 6.92 Å². The lowest BCUT2D eigenvalue weighted by molar-refractivity contribution is 0.794. The van der Waals surface area contributed by atoms with Crippen LogP contribution in [0.25, 0.3) is 0 Å². The van der Waals surface area contributed by atoms with E-state index in [0.717, 1.165) is 0 Å². The molecule has 0 saturated heterocycles. The van der Waals surface area contributed by atoms with Gasteiger partial charge in [0.1, 0.15) is 0 Å². The highest BCUT2D eigenvalue weighted by Gasteiger charge is 2.18. The van der Waals surface area contributed by atoms with Gasteiger partial charge >= 0.3 is 0 Å². The highest BCUT2D eigenvalue weighted by Crippen LogP contribution is 2.07. The van der Waals surface area contributed by atoms with Crippen molar-refractivity contribution in [1.29, 1.82) is 0 Å². The highest BCUT2D eigenvalue weighted by molar-refractivity contribution is 7.93. The minimum atomic E-state index is -0.574. The molecule has 0 nitrogen and oxygen atoms in total. The molecule has 0 spiro atoms. The van der Waals surface area contributed by atoms with E-state index in [4.69, 9.17) is 50.6 Å². The molecule has 0 aliphatic rings. The Kier molecular flexibility index (Phi) is 24.8. The Bertz CT molecular complexity index is 381. The van der Waals surface area contributed by atoms with Gasteiger partial charge in [0.15, 0.2) is 0 Å². The summed E-state index contributed by atoms with van der Waals surface area (Å²) in [5, 5.41) is 0. The van der Waals surface area contributed by atoms with Gasteiger partial charge in [0.05, 0.1) is 0 Å². The van der Waals surface area contributed by atoms with Gasteiger partial charge in [-0.2, -0.15) is 0 Å². The first-order chi connectivity index (χ1) is 16.4. The standard InChI is InChI=1S/C11H16.3C2H6.B9.5H2/c1-3-4-7-11-8-5-6-10(2)9-11;3*1-2;1-6-9(7(2)3)8(4)5;;;;;/h5-6,8-9H,3-4,7H2,1-2H3;3*1-2H3;;5*1H/i;;;;;4*1+1D;1+1. The number of aryl methyl sites for hydroxylation is 2. The molecule has 1 rings (SSSR count). The predicted octanol–water partition coefficient (Wildman–Crippen LogP) is 4.22. The van der Waals surface area contributed by atoms with Crippen molar-refractivity contribution in [2.24, 2.45) is 0 Å². The maximum absolute atomic E-state index is 5.25. The summed E-state index contributed by atoms with van der Waals surface area (Å²) in [5.74, 6) is 0. The lowest BCUT2D eigenvalue weighted by Gasteiger charge is -2.17. The molecule has 0 N–H and O–H groups in total. The first-order valence-electron chi connectivity index (χ1n) is 14.0. The van der Waals surface area contributed by atoms with E-state index in [-0.39, 0.29) is 7.81 Å². The number of benzene rings is 1. The van der Waals surface area contributed by atoms with Crippen LogP contribution in [0.2, 0.25) is 0 Å². The smallest absolute Gasteiger partial charge is 0 e. The van der Waals surface area contributed by atoms with Crippen LogP contribution in [-0.4, -0.2) is 64.9 Å². The number of hydrogen-bond acceptors (Lipinski definition) is 0. The van der Waals surface area contributed by atoms with Crippen molar-refractivity contribution in [3.8, 4) is 0 Å². The summed E-state index contributed by atoms with van der Waals surface area (Å²) in [6.45, 7) is 16.4. The monoisotopic (exact) mass is 356 g/mol. The topological polar surface area (TPSA) is 0 Å². The number of unbranched alkanes of at least 4 members (excludes halogenated alkanes) is 1. The summed E-state index contributed by atoms with van der Waals surface area (Å²) < 4.78 is 40.0. The van der Waals surface area contributed by atoms with E-state index in [1.165, 1.54) is 37.5 Å². The van der Waals surface area contributed by atoms with Crippen LogP contribution in [0.1, 0.15) is 85.7 Å². The van der Waals surface area contributed by atoms with Crippen molar-refractivity contribution in [2.45, 2.75) is 74.7 Å². The summed E-state index contributed by atoms with van der Waals surface area (Å²) in [6, 6.07) is 8.77. The van der Waals surface area contributed by atoms with Crippen LogP contribution in [0.4, 0.5) is 0 Å². The minimum Gasteiger partial charge on any atom is -0.0683 e. The van der Waals surface area contributed by atoms with Gasteiger partial charge in [0.25, 0.3) is 0 Å². The maximum atomic E-state index is 5.25. The lowest BCUT2D eigenvalue weighted by Crippen LogP contribution is -2.55. The summed E-state index contributed by atoms with van der Waals surface area (Å²) in [6.07, 6.45) is 2.37. The number of hydrogen-bond donors (Lipinski definition) is 0. The second kappa shape index (κ2) is 27.0. The van der Waals surface area contributed by atoms with Crippen LogP contribution in [0.15, 0.2) is 24.3 Å². The fourth-order valence-corrected chi connectivity index (χ4v) is 1.76. The van der Waals surface area contributed by atoms with Crippen molar-refractivity contribution in [2.75, 3.05) is 0 Å². The second-order valence-electron chi connectivity index (χ2n) is 5.02. The van der Waals surface area contributed by atoms with Crippen LogP contribution in [0.5, 0.6) is 0 Å². The summed E-state index contributed by atoms with van der Waals surface area (Å²) >= 11 is 0. The van der Waals surface area contributed by atoms with Crippen LogP contribution in [-0.2, 0) is 6.42 Å². The molecule has 26 heavy (non-hydrogen) atoms. The molecule has 0 amide bonds. The van der Waals surface area contributed by atoms with Gasteiger partial charge in [0, 0.05) is 78.2 Å². The molecule has 0 bridgehead atoms. The van der Waals surface area contributed by atoms with E-state index >= 15 is 0 Å². The molecule has 0 aliphatic heterocycles. The van der Waals surface area contributed by atoms with Crippen molar-refractivity contribution in [1.82, 2.24) is 0 Å². The summed E-state index contributed by atoms with van der Waals surface area (Å²) in [7, 11) is 27.5. The van der Waals surface area contributed by atoms with Crippen molar-refractivity contribution >= 4 is 64.9 Å². The normalized spacial score (nSPS) is 8.92. The van der Waals surface area contributed by atoms with Crippen LogP contribution >= 0.6 is 0 Å². The van der Waals surface area contributed by atoms with E-state index < -0.39 is 12.8 Å². The van der Waals surface area contributed by atoms with Gasteiger partial charge in [0.2, 0.25) is 0 Å². The van der Waals surface area contributed by atoms with E-state index in [1.54, 1.807) is 0 Å². The van der Waals surface area contributed by atoms with E-state index in [9.17, 15) is 0 Å². The molecule has 0 aliphatic carbocycles. The zero-order valence-electron chi connectivity index (χ0n) is 26.6. The van der Waals surface area contributed by atoms with E-state index in [0.29, 0.717) is 0 Å². The van der Waals surface area contributed by atoms with Gasteiger partial charge < -0.3 is 0 Å². The molecule has 0 unspecified atom stereocenters. The van der Waals surface area contributed by atoms with Gasteiger partial charge in [-0.25, -0.2) is 0 Å². The Labute approximate surface area is 188 Å². The van der Waals surface area contributed by atoms with Crippen molar-refractivity contribution in [3.63, 3.8) is 0 Å². The Balaban J connectivity index is -0.0000000363. The molecular formula is C17H44B9. The van der Waals surface area contributed by atoms with Gasteiger partial charge in [-0.05, 0) is 25.3 Å². The SMILES string of the molecule is CC.CC.CC.CCCCc1cccc(C)c1.[2HH].[2H][2H].[2H][2H].[2H][2H].[2H][2H].[B][B]B(B([B])[B])B([B])[B]. The van der Waals surface area contributed by atoms with Crippen molar-refractivity contribution in [3.05, 3.63) is 35.4 Å². The third kappa shape index (κ3) is 21.8. The molecule has 0 aromatic heterocycles. The molecular weight excluding hydrogens is 301 g/mol. The Hall–Kier alpha value is -0.196. The minimum absolute atomic E-state index is 0. The third-order valence-corrected chi connectivity index (χ3v) is 3.01. The fraction of sp³-hybridized carbons (Fsp3) is 0.647. The molecule has 0 atom stereocenters. The van der Waals surface area contributed by atoms with Crippen LogP contribution in [0.3, 0.4) is 0 Å². The molecule has 0 saturated carbocycles. The fourth-order valence-electron chi connectivity index (χ4n) is 1.76. The first kappa shape index (κ1) is 23.8. The molecule has 139 valence electrons. The van der Waals surface area contributed by atoms with Crippen LogP contribution < -0.4 is 0 Å². The van der Waals surface area contributed by atoms with E-state index in [2.05, 4.69) is 38.1 Å². The third-order valence-electron chi connectivity index (χ3n) is 3.01. The molecule has 1 aromatic rings. The molecule has 0 fully saturated rings. The highest BCUT2D eigenvalue weighted by atomic mass is 14.0. The van der Waals surface area contributed by atoms with Gasteiger partial charge in [-0.3, -0.25) is 0 Å². The Morgan fingerprint density at radius 2 is 1.42 bits per heavy atom. The van der Waals surface area contributed by atoms with Gasteiger partial charge in [-0.15, -0.1) is 0 Å². The average Bonchev–Trinajstić information content (AvgIpc) is 2.91. The van der Waals surface area contributed by atoms with E-state index in [1.807, 2.05) is 41.5 Å². The molecule has 0 heterocycles. The zero-order valence-corrected chi connectivity index (χ0v) is 18.6. The molecule has 11 radical (unpaired) electrons. The predicted molar refractivity (Wildman–Crippen MR) is 146 cm³/mol. The molecule has 1 aromatic carbocycles. The average molecular weight is 355 g/mol. The Morgan fingerprint density at radius 1 is 0.962 bits per heavy atom. The quantitative estimate of drug-likeness (QED) is 0.671. The lowest BCUT2D eigenvalue weighted by atomic mass is 8.64. The maximum Gasteiger partial charge on any atom is 0 e. The molecule has 9 heteroatoms. The zero-order chi connectivity index (χ0) is 29.5.